The van der Waals surface area contributed by atoms with Crippen LogP contribution in [0.2, 0.25) is 0 Å². The molecule has 2 rings (SSSR count). The quantitative estimate of drug-likeness (QED) is 0.580. The van der Waals surface area contributed by atoms with Gasteiger partial charge < -0.3 is 19.2 Å². The number of carbonyl (C=O) groups excluding carboxylic acids is 2. The van der Waals surface area contributed by atoms with Crippen LogP contribution in [0.3, 0.4) is 0 Å². The van der Waals surface area contributed by atoms with E-state index in [-0.39, 0.29) is 12.4 Å². The van der Waals surface area contributed by atoms with E-state index in [1.165, 1.54) is 7.11 Å². The third-order valence-electron chi connectivity index (χ3n) is 4.37. The molecule has 26 heavy (non-hydrogen) atoms. The predicted octanol–water partition coefficient (Wildman–Crippen LogP) is 3.04. The van der Waals surface area contributed by atoms with Crippen LogP contribution < -0.4 is 5.32 Å². The van der Waals surface area contributed by atoms with Gasteiger partial charge in [-0.05, 0) is 18.9 Å². The van der Waals surface area contributed by atoms with Crippen LogP contribution in [0.5, 0.6) is 0 Å². The summed E-state index contributed by atoms with van der Waals surface area (Å²) >= 11 is 0. The number of nitrogens with one attached hydrogen (secondary N) is 1. The Hall–Kier alpha value is -2.78. The van der Waals surface area contributed by atoms with Crippen LogP contribution in [0.1, 0.15) is 42.8 Å². The Kier molecular flexibility index (Phi) is 6.42. The van der Waals surface area contributed by atoms with Crippen LogP contribution in [0.4, 0.5) is 0 Å². The summed E-state index contributed by atoms with van der Waals surface area (Å²) in [5, 5.41) is 3.52. The summed E-state index contributed by atoms with van der Waals surface area (Å²) in [6.07, 6.45) is 6.69. The topological polar surface area (TPSA) is 77.8 Å². The van der Waals surface area contributed by atoms with E-state index < -0.39 is 24.0 Å². The Balaban J connectivity index is 2.11. The second-order valence-corrected chi connectivity index (χ2v) is 5.90. The highest BCUT2D eigenvalue weighted by Crippen LogP contribution is 2.27. The molecule has 0 saturated heterocycles. The lowest BCUT2D eigenvalue weighted by atomic mass is 9.94. The molecule has 138 valence electrons. The molecule has 2 aromatic rings. The largest absolute Gasteiger partial charge is 0.450 e. The fraction of sp³-hybridized carbons (Fsp3) is 0.400. The van der Waals surface area contributed by atoms with Crippen LogP contribution in [0.15, 0.2) is 28.7 Å². The molecule has 0 radical (unpaired) electrons. The van der Waals surface area contributed by atoms with Crippen molar-refractivity contribution in [1.29, 1.82) is 0 Å². The zero-order valence-electron chi connectivity index (χ0n) is 15.3. The maximum absolute atomic E-state index is 12.4. The van der Waals surface area contributed by atoms with Gasteiger partial charge in [0, 0.05) is 18.1 Å². The van der Waals surface area contributed by atoms with Gasteiger partial charge in [0.25, 0.3) is 5.91 Å². The molecule has 0 aliphatic rings. The maximum Gasteiger partial charge on any atom is 0.375 e. The molecule has 0 aliphatic carbocycles. The number of fused-ring (bicyclic) bond motifs is 1. The van der Waals surface area contributed by atoms with Gasteiger partial charge in [-0.2, -0.15) is 0 Å². The van der Waals surface area contributed by atoms with Crippen molar-refractivity contribution in [2.75, 3.05) is 13.7 Å². The molecule has 0 saturated carbocycles. The number of para-hydroxylation sites is 1. The van der Waals surface area contributed by atoms with Gasteiger partial charge in [-0.3, -0.25) is 4.79 Å². The van der Waals surface area contributed by atoms with Crippen molar-refractivity contribution in [1.82, 2.24) is 5.32 Å². The lowest BCUT2D eigenvalue weighted by Crippen LogP contribution is -2.48. The van der Waals surface area contributed by atoms with Gasteiger partial charge in [-0.25, -0.2) is 4.79 Å². The van der Waals surface area contributed by atoms with E-state index in [4.69, 9.17) is 20.3 Å². The Labute approximate surface area is 152 Å². The number of benzene rings is 1. The molecule has 0 bridgehead atoms. The van der Waals surface area contributed by atoms with Crippen LogP contribution in [0, 0.1) is 12.3 Å². The van der Waals surface area contributed by atoms with Crippen LogP contribution in [-0.2, 0) is 20.9 Å². The number of rotatable bonds is 8. The second kappa shape index (κ2) is 8.54. The number of terminal acetylenes is 1. The van der Waals surface area contributed by atoms with Gasteiger partial charge in [0.1, 0.15) is 11.1 Å². The number of furan rings is 1. The SMILES string of the molecule is C#CC(CC)(CC)NC(=O)COC(=O)c1oc2ccccc2c1COC. The Morgan fingerprint density at radius 2 is 1.96 bits per heavy atom. The summed E-state index contributed by atoms with van der Waals surface area (Å²) < 4.78 is 15.9. The first kappa shape index (κ1) is 19.5. The van der Waals surface area contributed by atoms with E-state index in [1.54, 1.807) is 12.1 Å². The first-order valence-electron chi connectivity index (χ1n) is 8.45. The molecule has 0 aliphatic heterocycles. The minimum Gasteiger partial charge on any atom is -0.450 e. The van der Waals surface area contributed by atoms with E-state index in [9.17, 15) is 9.59 Å². The third kappa shape index (κ3) is 4.06. The normalized spacial score (nSPS) is 11.2. The second-order valence-electron chi connectivity index (χ2n) is 5.90. The van der Waals surface area contributed by atoms with Crippen molar-refractivity contribution in [3.63, 3.8) is 0 Å². The monoisotopic (exact) mass is 357 g/mol. The van der Waals surface area contributed by atoms with E-state index in [2.05, 4.69) is 11.2 Å². The average Bonchev–Trinajstić information content (AvgIpc) is 3.03. The number of hydrogen-bond acceptors (Lipinski definition) is 5. The highest BCUT2D eigenvalue weighted by Gasteiger charge is 2.27. The number of methoxy groups -OCH3 is 1. The number of carbonyl (C=O) groups is 2. The summed E-state index contributed by atoms with van der Waals surface area (Å²) in [4.78, 5) is 24.5. The number of hydrogen-bond donors (Lipinski definition) is 1. The molecule has 1 aromatic heterocycles. The maximum atomic E-state index is 12.4. The zero-order valence-corrected chi connectivity index (χ0v) is 15.3. The highest BCUT2D eigenvalue weighted by molar-refractivity contribution is 5.96. The highest BCUT2D eigenvalue weighted by atomic mass is 16.5. The van der Waals surface area contributed by atoms with E-state index in [0.29, 0.717) is 24.0 Å². The Morgan fingerprint density at radius 1 is 1.27 bits per heavy atom. The third-order valence-corrected chi connectivity index (χ3v) is 4.37. The smallest absolute Gasteiger partial charge is 0.375 e. The van der Waals surface area contributed by atoms with Gasteiger partial charge in [-0.1, -0.05) is 38.0 Å². The van der Waals surface area contributed by atoms with Crippen molar-refractivity contribution in [3.8, 4) is 12.3 Å². The molecular weight excluding hydrogens is 334 g/mol. The van der Waals surface area contributed by atoms with Crippen molar-refractivity contribution >= 4 is 22.8 Å². The minimum atomic E-state index is -0.732. The molecular formula is C20H23NO5. The number of ether oxygens (including phenoxy) is 2. The van der Waals surface area contributed by atoms with Gasteiger partial charge in [0.05, 0.1) is 6.61 Å². The van der Waals surface area contributed by atoms with E-state index >= 15 is 0 Å². The standard InChI is InChI=1S/C20H23NO5/c1-5-20(6-2,7-3)21-17(22)13-25-19(23)18-15(12-24-4)14-10-8-9-11-16(14)26-18/h1,8-11H,6-7,12-13H2,2-4H3,(H,21,22). The Bertz CT molecular complexity index is 826. The molecule has 1 heterocycles. The lowest BCUT2D eigenvalue weighted by molar-refractivity contribution is -0.125. The summed E-state index contributed by atoms with van der Waals surface area (Å²) in [7, 11) is 1.53. The summed E-state index contributed by atoms with van der Waals surface area (Å²) in [5.41, 5.74) is 0.414. The minimum absolute atomic E-state index is 0.0371. The number of amides is 1. The summed E-state index contributed by atoms with van der Waals surface area (Å²) in [6, 6.07) is 7.23. The predicted molar refractivity (Wildman–Crippen MR) is 97.5 cm³/mol. The molecule has 0 atom stereocenters. The lowest BCUT2D eigenvalue weighted by Gasteiger charge is -2.26. The molecule has 1 amide bonds. The van der Waals surface area contributed by atoms with Crippen LogP contribution >= 0.6 is 0 Å². The fourth-order valence-electron chi connectivity index (χ4n) is 2.72. The van der Waals surface area contributed by atoms with Crippen LogP contribution in [-0.4, -0.2) is 31.1 Å². The number of esters is 1. The molecule has 6 heteroatoms. The molecule has 0 spiro atoms. The fourth-order valence-corrected chi connectivity index (χ4v) is 2.72. The van der Waals surface area contributed by atoms with Crippen molar-refractivity contribution < 1.29 is 23.5 Å². The van der Waals surface area contributed by atoms with Crippen molar-refractivity contribution in [2.45, 2.75) is 38.8 Å². The molecule has 1 N–H and O–H groups in total. The van der Waals surface area contributed by atoms with Crippen molar-refractivity contribution in [3.05, 3.63) is 35.6 Å². The van der Waals surface area contributed by atoms with Gasteiger partial charge >= 0.3 is 5.97 Å². The first-order valence-corrected chi connectivity index (χ1v) is 8.45. The zero-order chi connectivity index (χ0) is 19.2. The van der Waals surface area contributed by atoms with Gasteiger partial charge in [0.2, 0.25) is 5.76 Å². The molecule has 1 aromatic carbocycles. The molecule has 0 fully saturated rings. The summed E-state index contributed by atoms with van der Waals surface area (Å²) in [5.74, 6) is 1.46. The van der Waals surface area contributed by atoms with Crippen LogP contribution in [0.25, 0.3) is 11.0 Å². The van der Waals surface area contributed by atoms with Crippen molar-refractivity contribution in [2.24, 2.45) is 0 Å². The van der Waals surface area contributed by atoms with Gasteiger partial charge in [0.15, 0.2) is 6.61 Å². The first-order chi connectivity index (χ1) is 12.5. The van der Waals surface area contributed by atoms with E-state index in [0.717, 1.165) is 5.39 Å². The average molecular weight is 357 g/mol. The molecule has 6 nitrogen and oxygen atoms in total. The molecule has 0 unspecified atom stereocenters. The van der Waals surface area contributed by atoms with Gasteiger partial charge in [-0.15, -0.1) is 6.42 Å². The van der Waals surface area contributed by atoms with E-state index in [1.807, 2.05) is 26.0 Å². The Morgan fingerprint density at radius 3 is 2.58 bits per heavy atom. The summed E-state index contributed by atoms with van der Waals surface area (Å²) in [6.45, 7) is 3.54.